The summed E-state index contributed by atoms with van der Waals surface area (Å²) >= 11 is 3.26. The zero-order chi connectivity index (χ0) is 13.7. The van der Waals surface area contributed by atoms with Crippen molar-refractivity contribution in [3.63, 3.8) is 0 Å². The summed E-state index contributed by atoms with van der Waals surface area (Å²) in [5.41, 5.74) is -0.665. The van der Waals surface area contributed by atoms with E-state index in [2.05, 4.69) is 21.2 Å². The Hall–Kier alpha value is -1.50. The Labute approximate surface area is 112 Å². The highest BCUT2D eigenvalue weighted by molar-refractivity contribution is 9.09. The second-order valence-electron chi connectivity index (χ2n) is 3.89. The summed E-state index contributed by atoms with van der Waals surface area (Å²) in [6.45, 7) is 2.30. The summed E-state index contributed by atoms with van der Waals surface area (Å²) in [7, 11) is 0. The number of nitrogens with zero attached hydrogens (tertiary/aromatic N) is 1. The van der Waals surface area contributed by atoms with E-state index in [0.29, 0.717) is 11.9 Å². The molecule has 1 atom stereocenters. The number of benzene rings is 1. The first kappa shape index (κ1) is 14.6. The maximum Gasteiger partial charge on any atom is 0.285 e. The molecule has 1 amide bonds. The van der Waals surface area contributed by atoms with E-state index in [0.717, 1.165) is 18.2 Å². The van der Waals surface area contributed by atoms with Gasteiger partial charge in [0, 0.05) is 11.9 Å². The zero-order valence-corrected chi connectivity index (χ0v) is 11.2. The zero-order valence-electron chi connectivity index (χ0n) is 9.65. The first-order chi connectivity index (χ1) is 8.45. The first-order valence-electron chi connectivity index (χ1n) is 5.23. The van der Waals surface area contributed by atoms with Crippen molar-refractivity contribution < 1.29 is 14.1 Å². The van der Waals surface area contributed by atoms with Gasteiger partial charge >= 0.3 is 0 Å². The van der Waals surface area contributed by atoms with Crippen LogP contribution in [0.4, 0.5) is 10.1 Å². The summed E-state index contributed by atoms with van der Waals surface area (Å²) in [5.74, 6) is -1.12. The second kappa shape index (κ2) is 6.44. The fourth-order valence-corrected chi connectivity index (χ4v) is 1.49. The van der Waals surface area contributed by atoms with Crippen LogP contribution in [-0.4, -0.2) is 22.7 Å². The van der Waals surface area contributed by atoms with Crippen molar-refractivity contribution in [2.45, 2.75) is 6.92 Å². The molecular formula is C11H12BrFN2O3. The molecule has 0 saturated heterocycles. The van der Waals surface area contributed by atoms with Crippen LogP contribution in [0.2, 0.25) is 0 Å². The predicted octanol–water partition coefficient (Wildman–Crippen LogP) is 2.49. The van der Waals surface area contributed by atoms with E-state index in [1.165, 1.54) is 0 Å². The van der Waals surface area contributed by atoms with E-state index in [1.807, 2.05) is 6.92 Å². The predicted molar refractivity (Wildman–Crippen MR) is 68.3 cm³/mol. The van der Waals surface area contributed by atoms with Crippen LogP contribution in [-0.2, 0) is 0 Å². The Balaban J connectivity index is 2.88. The highest BCUT2D eigenvalue weighted by atomic mass is 79.9. The molecule has 1 rings (SSSR count). The third-order valence-electron chi connectivity index (χ3n) is 2.28. The second-order valence-corrected chi connectivity index (χ2v) is 4.54. The molecule has 0 aromatic heterocycles. The summed E-state index contributed by atoms with van der Waals surface area (Å²) < 4.78 is 12.9. The van der Waals surface area contributed by atoms with Gasteiger partial charge in [-0.05, 0) is 18.1 Å². The Morgan fingerprint density at radius 3 is 2.83 bits per heavy atom. The third-order valence-corrected chi connectivity index (χ3v) is 3.38. The molecule has 1 aromatic carbocycles. The lowest BCUT2D eigenvalue weighted by atomic mass is 10.1. The van der Waals surface area contributed by atoms with E-state index in [-0.39, 0.29) is 11.5 Å². The molecular weight excluding hydrogens is 307 g/mol. The number of halogens is 2. The molecule has 0 aliphatic heterocycles. The molecule has 0 fully saturated rings. The molecule has 0 heterocycles. The van der Waals surface area contributed by atoms with Crippen LogP contribution in [0.25, 0.3) is 0 Å². The van der Waals surface area contributed by atoms with Crippen molar-refractivity contribution in [2.75, 3.05) is 11.9 Å². The minimum atomic E-state index is -0.772. The molecule has 0 bridgehead atoms. The number of rotatable bonds is 5. The number of carbonyl (C=O) groups excluding carboxylic acids is 1. The molecule has 1 N–H and O–H groups in total. The number of alkyl halides is 1. The fraction of sp³-hybridized carbons (Fsp3) is 0.364. The largest absolute Gasteiger partial charge is 0.352 e. The van der Waals surface area contributed by atoms with E-state index < -0.39 is 22.3 Å². The molecule has 0 aliphatic carbocycles. The van der Waals surface area contributed by atoms with Gasteiger partial charge in [-0.25, -0.2) is 4.39 Å². The Kier molecular flexibility index (Phi) is 5.21. The van der Waals surface area contributed by atoms with Gasteiger partial charge in [0.25, 0.3) is 11.6 Å². The van der Waals surface area contributed by atoms with Gasteiger partial charge < -0.3 is 5.32 Å². The Bertz CT molecular complexity index is 468. The van der Waals surface area contributed by atoms with Crippen LogP contribution in [0.1, 0.15) is 17.3 Å². The molecule has 98 valence electrons. The highest BCUT2D eigenvalue weighted by Crippen LogP contribution is 2.19. The minimum Gasteiger partial charge on any atom is -0.352 e. The monoisotopic (exact) mass is 318 g/mol. The van der Waals surface area contributed by atoms with Gasteiger partial charge in [-0.15, -0.1) is 0 Å². The number of hydrogen-bond donors (Lipinski definition) is 1. The van der Waals surface area contributed by atoms with Crippen LogP contribution in [0.3, 0.4) is 0 Å². The number of nitro benzene ring substituents is 1. The summed E-state index contributed by atoms with van der Waals surface area (Å²) in [6, 6.07) is 2.88. The van der Waals surface area contributed by atoms with E-state index >= 15 is 0 Å². The molecule has 0 spiro atoms. The number of amides is 1. The van der Waals surface area contributed by atoms with Gasteiger partial charge in [0.2, 0.25) is 0 Å². The smallest absolute Gasteiger partial charge is 0.285 e. The van der Waals surface area contributed by atoms with E-state index in [4.69, 9.17) is 0 Å². The lowest BCUT2D eigenvalue weighted by Gasteiger charge is -2.09. The average Bonchev–Trinajstić information content (AvgIpc) is 2.35. The lowest BCUT2D eigenvalue weighted by molar-refractivity contribution is -0.385. The van der Waals surface area contributed by atoms with Gasteiger partial charge in [0.1, 0.15) is 11.4 Å². The van der Waals surface area contributed by atoms with Gasteiger partial charge in [-0.3, -0.25) is 14.9 Å². The number of nitro groups is 1. The summed E-state index contributed by atoms with van der Waals surface area (Å²) in [6.07, 6.45) is 0. The molecule has 0 aliphatic rings. The van der Waals surface area contributed by atoms with E-state index in [9.17, 15) is 19.3 Å². The van der Waals surface area contributed by atoms with Gasteiger partial charge in [0.15, 0.2) is 0 Å². The molecule has 1 unspecified atom stereocenters. The molecule has 5 nitrogen and oxygen atoms in total. The van der Waals surface area contributed by atoms with Crippen LogP contribution in [0, 0.1) is 21.8 Å². The summed E-state index contributed by atoms with van der Waals surface area (Å²) in [5, 5.41) is 14.0. The fourth-order valence-electron chi connectivity index (χ4n) is 1.26. The van der Waals surface area contributed by atoms with Crippen molar-refractivity contribution in [3.05, 3.63) is 39.7 Å². The Morgan fingerprint density at radius 2 is 2.28 bits per heavy atom. The molecule has 0 radical (unpaired) electrons. The van der Waals surface area contributed by atoms with Gasteiger partial charge in [-0.1, -0.05) is 22.9 Å². The van der Waals surface area contributed by atoms with Gasteiger partial charge in [-0.2, -0.15) is 0 Å². The van der Waals surface area contributed by atoms with Crippen molar-refractivity contribution in [1.29, 1.82) is 0 Å². The highest BCUT2D eigenvalue weighted by Gasteiger charge is 2.20. The number of hydrogen-bond acceptors (Lipinski definition) is 3. The van der Waals surface area contributed by atoms with Crippen molar-refractivity contribution >= 4 is 27.5 Å². The average molecular weight is 319 g/mol. The normalized spacial score (nSPS) is 11.9. The van der Waals surface area contributed by atoms with Gasteiger partial charge in [0.05, 0.1) is 11.0 Å². The van der Waals surface area contributed by atoms with Crippen molar-refractivity contribution in [1.82, 2.24) is 5.32 Å². The minimum absolute atomic E-state index is 0.136. The SMILES string of the molecule is CC(CBr)CNC(=O)c1ccc(F)cc1[N+](=O)[O-]. The van der Waals surface area contributed by atoms with E-state index in [1.54, 1.807) is 0 Å². The molecule has 18 heavy (non-hydrogen) atoms. The molecule has 1 aromatic rings. The van der Waals surface area contributed by atoms with Crippen LogP contribution in [0.15, 0.2) is 18.2 Å². The third kappa shape index (κ3) is 3.76. The summed E-state index contributed by atoms with van der Waals surface area (Å²) in [4.78, 5) is 21.7. The topological polar surface area (TPSA) is 72.2 Å². The van der Waals surface area contributed by atoms with Crippen LogP contribution in [0.5, 0.6) is 0 Å². The maximum absolute atomic E-state index is 12.9. The first-order valence-corrected chi connectivity index (χ1v) is 6.36. The van der Waals surface area contributed by atoms with Crippen LogP contribution >= 0.6 is 15.9 Å². The quantitative estimate of drug-likeness (QED) is 0.515. The van der Waals surface area contributed by atoms with Crippen molar-refractivity contribution in [2.24, 2.45) is 5.92 Å². The Morgan fingerprint density at radius 1 is 1.61 bits per heavy atom. The number of nitrogens with one attached hydrogen (secondary N) is 1. The van der Waals surface area contributed by atoms with Crippen LogP contribution < -0.4 is 5.32 Å². The maximum atomic E-state index is 12.9. The standard InChI is InChI=1S/C11H12BrFN2O3/c1-7(5-12)6-14-11(16)9-3-2-8(13)4-10(9)15(17)18/h2-4,7H,5-6H2,1H3,(H,14,16). The molecule has 7 heteroatoms. The van der Waals surface area contributed by atoms with Crippen molar-refractivity contribution in [3.8, 4) is 0 Å². The molecule has 0 saturated carbocycles. The lowest BCUT2D eigenvalue weighted by Crippen LogP contribution is -2.29. The number of carbonyl (C=O) groups is 1.